The molecule has 0 unspecified atom stereocenters. The second-order valence-corrected chi connectivity index (χ2v) is 7.68. The summed E-state index contributed by atoms with van der Waals surface area (Å²) in [6.45, 7) is 3.65. The number of fused-ring (bicyclic) bond motifs is 1. The number of nitrogens with one attached hydrogen (secondary N) is 1. The molecule has 0 bridgehead atoms. The van der Waals surface area contributed by atoms with Gasteiger partial charge in [-0.05, 0) is 42.7 Å². The van der Waals surface area contributed by atoms with E-state index in [9.17, 15) is 8.42 Å². The Morgan fingerprint density at radius 2 is 1.92 bits per heavy atom. The molecule has 0 radical (unpaired) electrons. The quantitative estimate of drug-likeness (QED) is 0.872. The van der Waals surface area contributed by atoms with E-state index >= 15 is 0 Å². The van der Waals surface area contributed by atoms with Gasteiger partial charge in [0.25, 0.3) is 0 Å². The molecule has 3 N–H and O–H groups in total. The summed E-state index contributed by atoms with van der Waals surface area (Å²) in [5.74, 6) is 1.39. The van der Waals surface area contributed by atoms with Gasteiger partial charge in [0.15, 0.2) is 0 Å². The van der Waals surface area contributed by atoms with Gasteiger partial charge in [0.05, 0.1) is 11.5 Å². The molecule has 0 spiro atoms. The number of hydrogen-bond acceptors (Lipinski definition) is 4. The SMILES string of the molecule is C[C@@H](NC[C@@H]1CCOc2ccccc21)c1ccc(S(N)(=O)=O)cc1. The van der Waals surface area contributed by atoms with Crippen LogP contribution < -0.4 is 15.2 Å². The normalized spacial score (nSPS) is 18.5. The average molecular weight is 346 g/mol. The van der Waals surface area contributed by atoms with E-state index < -0.39 is 10.0 Å². The smallest absolute Gasteiger partial charge is 0.238 e. The molecule has 2 aromatic rings. The minimum atomic E-state index is -3.64. The lowest BCUT2D eigenvalue weighted by Crippen LogP contribution is -2.28. The van der Waals surface area contributed by atoms with Crippen molar-refractivity contribution in [1.82, 2.24) is 5.32 Å². The van der Waals surface area contributed by atoms with Crippen LogP contribution in [0.15, 0.2) is 53.4 Å². The summed E-state index contributed by atoms with van der Waals surface area (Å²) in [6.07, 6.45) is 0.987. The van der Waals surface area contributed by atoms with Gasteiger partial charge in [-0.15, -0.1) is 0 Å². The van der Waals surface area contributed by atoms with Crippen molar-refractivity contribution in [2.45, 2.75) is 30.2 Å². The van der Waals surface area contributed by atoms with Crippen molar-refractivity contribution in [3.63, 3.8) is 0 Å². The number of rotatable bonds is 5. The highest BCUT2D eigenvalue weighted by molar-refractivity contribution is 7.89. The zero-order valence-corrected chi connectivity index (χ0v) is 14.4. The van der Waals surface area contributed by atoms with E-state index in [1.54, 1.807) is 24.3 Å². The first kappa shape index (κ1) is 17.0. The number of hydrogen-bond donors (Lipinski definition) is 2. The van der Waals surface area contributed by atoms with Crippen molar-refractivity contribution in [3.05, 3.63) is 59.7 Å². The molecule has 2 aromatic carbocycles. The maximum atomic E-state index is 11.3. The average Bonchev–Trinajstić information content (AvgIpc) is 2.59. The van der Waals surface area contributed by atoms with Crippen LogP contribution in [0, 0.1) is 0 Å². The highest BCUT2D eigenvalue weighted by atomic mass is 32.2. The molecule has 24 heavy (non-hydrogen) atoms. The number of benzene rings is 2. The summed E-state index contributed by atoms with van der Waals surface area (Å²) < 4.78 is 28.3. The Kier molecular flexibility index (Phi) is 4.89. The summed E-state index contributed by atoms with van der Waals surface area (Å²) >= 11 is 0. The third-order valence-electron chi connectivity index (χ3n) is 4.46. The molecule has 0 fully saturated rings. The Bertz CT molecular complexity index is 803. The fraction of sp³-hybridized carbons (Fsp3) is 0.333. The van der Waals surface area contributed by atoms with E-state index in [-0.39, 0.29) is 10.9 Å². The van der Waals surface area contributed by atoms with E-state index in [4.69, 9.17) is 9.88 Å². The maximum absolute atomic E-state index is 11.3. The second kappa shape index (κ2) is 6.93. The maximum Gasteiger partial charge on any atom is 0.238 e. The minimum Gasteiger partial charge on any atom is -0.493 e. The summed E-state index contributed by atoms with van der Waals surface area (Å²) in [4.78, 5) is 0.136. The third kappa shape index (κ3) is 3.77. The van der Waals surface area contributed by atoms with Crippen molar-refractivity contribution < 1.29 is 13.2 Å². The first-order valence-electron chi connectivity index (χ1n) is 8.03. The van der Waals surface area contributed by atoms with Crippen molar-refractivity contribution in [2.24, 2.45) is 5.14 Å². The molecule has 0 aromatic heterocycles. The predicted octanol–water partition coefficient (Wildman–Crippen LogP) is 2.55. The van der Waals surface area contributed by atoms with Crippen LogP contribution in [0.3, 0.4) is 0 Å². The zero-order chi connectivity index (χ0) is 17.2. The molecule has 128 valence electrons. The molecule has 6 heteroatoms. The highest BCUT2D eigenvalue weighted by Gasteiger charge is 2.21. The Labute approximate surface area is 142 Å². The number of sulfonamides is 1. The lowest BCUT2D eigenvalue weighted by atomic mass is 9.92. The summed E-state index contributed by atoms with van der Waals surface area (Å²) in [5.41, 5.74) is 2.27. The number of primary sulfonamides is 1. The number of para-hydroxylation sites is 1. The van der Waals surface area contributed by atoms with Gasteiger partial charge in [0, 0.05) is 18.5 Å². The zero-order valence-electron chi connectivity index (χ0n) is 13.6. The van der Waals surface area contributed by atoms with Crippen LogP contribution in [-0.2, 0) is 10.0 Å². The Morgan fingerprint density at radius 3 is 2.62 bits per heavy atom. The van der Waals surface area contributed by atoms with E-state index in [2.05, 4.69) is 18.3 Å². The molecule has 0 saturated carbocycles. The number of nitrogens with two attached hydrogens (primary N) is 1. The van der Waals surface area contributed by atoms with E-state index in [0.29, 0.717) is 5.92 Å². The molecule has 1 aliphatic heterocycles. The van der Waals surface area contributed by atoms with Gasteiger partial charge in [0.1, 0.15) is 5.75 Å². The fourth-order valence-electron chi connectivity index (χ4n) is 3.01. The van der Waals surface area contributed by atoms with E-state index in [1.807, 2.05) is 18.2 Å². The van der Waals surface area contributed by atoms with Crippen molar-refractivity contribution in [2.75, 3.05) is 13.2 Å². The fourth-order valence-corrected chi connectivity index (χ4v) is 3.53. The van der Waals surface area contributed by atoms with E-state index in [1.165, 1.54) is 5.56 Å². The minimum absolute atomic E-state index is 0.120. The van der Waals surface area contributed by atoms with Crippen LogP contribution in [0.25, 0.3) is 0 Å². The topological polar surface area (TPSA) is 81.4 Å². The molecule has 1 heterocycles. The van der Waals surface area contributed by atoms with Crippen LogP contribution >= 0.6 is 0 Å². The Hall–Kier alpha value is -1.89. The van der Waals surface area contributed by atoms with Crippen LogP contribution in [-0.4, -0.2) is 21.6 Å². The predicted molar refractivity (Wildman–Crippen MR) is 93.5 cm³/mol. The largest absolute Gasteiger partial charge is 0.493 e. The van der Waals surface area contributed by atoms with Gasteiger partial charge in [-0.3, -0.25) is 0 Å². The van der Waals surface area contributed by atoms with Gasteiger partial charge in [-0.1, -0.05) is 30.3 Å². The first-order chi connectivity index (χ1) is 11.4. The summed E-state index contributed by atoms with van der Waals surface area (Å²) in [6, 6.07) is 15.0. The highest BCUT2D eigenvalue weighted by Crippen LogP contribution is 2.33. The molecule has 2 atom stereocenters. The van der Waals surface area contributed by atoms with Gasteiger partial charge in [0.2, 0.25) is 10.0 Å². The standard InChI is InChI=1S/C18H22N2O3S/c1-13(14-6-8-16(9-7-14)24(19,21)22)20-12-15-10-11-23-18-5-3-2-4-17(15)18/h2-9,13,15,20H,10-12H2,1H3,(H2,19,21,22)/t13-,15+/m1/s1. The molecule has 5 nitrogen and oxygen atoms in total. The molecule has 1 aliphatic rings. The van der Waals surface area contributed by atoms with Crippen LogP contribution in [0.5, 0.6) is 5.75 Å². The molecule has 0 aliphatic carbocycles. The first-order valence-corrected chi connectivity index (χ1v) is 9.57. The lowest BCUT2D eigenvalue weighted by molar-refractivity contribution is 0.263. The van der Waals surface area contributed by atoms with Crippen LogP contribution in [0.2, 0.25) is 0 Å². The molecule has 0 saturated heterocycles. The third-order valence-corrected chi connectivity index (χ3v) is 5.39. The second-order valence-electron chi connectivity index (χ2n) is 6.12. The van der Waals surface area contributed by atoms with Gasteiger partial charge in [-0.2, -0.15) is 0 Å². The monoisotopic (exact) mass is 346 g/mol. The Balaban J connectivity index is 1.65. The molecule has 3 rings (SSSR count). The number of ether oxygens (including phenoxy) is 1. The molecule has 0 amide bonds. The van der Waals surface area contributed by atoms with Crippen molar-refractivity contribution in [1.29, 1.82) is 0 Å². The lowest BCUT2D eigenvalue weighted by Gasteiger charge is -2.27. The molecular formula is C18H22N2O3S. The van der Waals surface area contributed by atoms with Gasteiger partial charge < -0.3 is 10.1 Å². The van der Waals surface area contributed by atoms with Crippen LogP contribution in [0.1, 0.15) is 36.4 Å². The van der Waals surface area contributed by atoms with Gasteiger partial charge in [-0.25, -0.2) is 13.6 Å². The Morgan fingerprint density at radius 1 is 1.21 bits per heavy atom. The van der Waals surface area contributed by atoms with E-state index in [0.717, 1.165) is 30.9 Å². The van der Waals surface area contributed by atoms with Crippen LogP contribution in [0.4, 0.5) is 0 Å². The summed E-state index contributed by atoms with van der Waals surface area (Å²) in [7, 11) is -3.64. The summed E-state index contributed by atoms with van der Waals surface area (Å²) in [5, 5.41) is 8.66. The molecular weight excluding hydrogens is 324 g/mol. The van der Waals surface area contributed by atoms with Crippen molar-refractivity contribution >= 4 is 10.0 Å². The van der Waals surface area contributed by atoms with Crippen molar-refractivity contribution in [3.8, 4) is 5.75 Å². The van der Waals surface area contributed by atoms with Gasteiger partial charge >= 0.3 is 0 Å².